The van der Waals surface area contributed by atoms with Gasteiger partial charge < -0.3 is 19.2 Å². The van der Waals surface area contributed by atoms with Gasteiger partial charge in [-0.3, -0.25) is 9.63 Å². The van der Waals surface area contributed by atoms with Crippen molar-refractivity contribution in [1.29, 1.82) is 0 Å². The van der Waals surface area contributed by atoms with Crippen molar-refractivity contribution < 1.29 is 33.5 Å². The second kappa shape index (κ2) is 11.1. The lowest BCUT2D eigenvalue weighted by atomic mass is 10.0. The predicted octanol–water partition coefficient (Wildman–Crippen LogP) is 2.93. The number of nitrogens with zero attached hydrogens (tertiary/aromatic N) is 5. The van der Waals surface area contributed by atoms with Crippen LogP contribution in [0.3, 0.4) is 0 Å². The Bertz CT molecular complexity index is 1010. The molecule has 0 atom stereocenters. The molecule has 1 aromatic carbocycles. The largest absolute Gasteiger partial charge is 0.483 e. The number of ether oxygens (including phenoxy) is 2. The molecule has 0 aliphatic carbocycles. The molecular weight excluding hydrogens is 466 g/mol. The van der Waals surface area contributed by atoms with E-state index in [0.29, 0.717) is 24.3 Å². The highest BCUT2D eigenvalue weighted by molar-refractivity contribution is 7.95. The summed E-state index contributed by atoms with van der Waals surface area (Å²) in [5.41, 5.74) is 0.451. The summed E-state index contributed by atoms with van der Waals surface area (Å²) in [6.07, 6.45) is -0.980. The molecular formula is C21H29N5O7S. The van der Waals surface area contributed by atoms with Gasteiger partial charge in [-0.15, -0.1) is 0 Å². The maximum absolute atomic E-state index is 12.6. The molecule has 13 heteroatoms. The minimum Gasteiger partial charge on any atom is -0.483 e. The Kier molecular flexibility index (Phi) is 8.74. The first kappa shape index (κ1) is 26.8. The van der Waals surface area contributed by atoms with Gasteiger partial charge in [0.05, 0.1) is 12.1 Å². The lowest BCUT2D eigenvalue weighted by molar-refractivity contribution is -0.121. The standard InChI is InChI=1S/C21H29N5O7S/c1-13(22-30-8)16(18(27)24(4)5)23-33-20(29)26(7)34-25(6)19(28)31-15-11-9-10-14-12-21(2,3)32-17(14)15/h9-11H,12H2,1-8H3/b22-13-,23-16-. The fourth-order valence-corrected chi connectivity index (χ4v) is 3.44. The van der Waals surface area contributed by atoms with Gasteiger partial charge in [0.15, 0.2) is 17.2 Å². The summed E-state index contributed by atoms with van der Waals surface area (Å²) < 4.78 is 13.5. The Hall–Kier alpha value is -3.48. The molecule has 1 aromatic rings. The van der Waals surface area contributed by atoms with Crippen molar-refractivity contribution in [3.05, 3.63) is 23.8 Å². The third kappa shape index (κ3) is 6.76. The molecule has 0 saturated carbocycles. The summed E-state index contributed by atoms with van der Waals surface area (Å²) in [6, 6.07) is 5.33. The van der Waals surface area contributed by atoms with Gasteiger partial charge in [0.25, 0.3) is 5.91 Å². The lowest BCUT2D eigenvalue weighted by Crippen LogP contribution is -2.35. The quantitative estimate of drug-likeness (QED) is 0.245. The van der Waals surface area contributed by atoms with Gasteiger partial charge in [-0.1, -0.05) is 22.4 Å². The van der Waals surface area contributed by atoms with Gasteiger partial charge >= 0.3 is 12.2 Å². The van der Waals surface area contributed by atoms with Crippen LogP contribution in [-0.2, 0) is 20.9 Å². The first-order valence-corrected chi connectivity index (χ1v) is 10.9. The predicted molar refractivity (Wildman–Crippen MR) is 127 cm³/mol. The van der Waals surface area contributed by atoms with Crippen LogP contribution < -0.4 is 9.47 Å². The van der Waals surface area contributed by atoms with E-state index in [1.165, 1.54) is 47.1 Å². The highest BCUT2D eigenvalue weighted by Gasteiger charge is 2.33. The normalized spacial score (nSPS) is 14.5. The van der Waals surface area contributed by atoms with Crippen molar-refractivity contribution in [1.82, 2.24) is 13.5 Å². The number of fused-ring (bicyclic) bond motifs is 1. The van der Waals surface area contributed by atoms with E-state index < -0.39 is 23.7 Å². The van der Waals surface area contributed by atoms with Gasteiger partial charge in [0, 0.05) is 40.2 Å². The molecule has 34 heavy (non-hydrogen) atoms. The summed E-state index contributed by atoms with van der Waals surface area (Å²) in [5, 5.41) is 7.26. The van der Waals surface area contributed by atoms with Crippen LogP contribution in [0.15, 0.2) is 28.5 Å². The Morgan fingerprint density at radius 2 is 1.71 bits per heavy atom. The maximum Gasteiger partial charge on any atom is 0.447 e. The monoisotopic (exact) mass is 495 g/mol. The van der Waals surface area contributed by atoms with E-state index >= 15 is 0 Å². The molecule has 0 radical (unpaired) electrons. The van der Waals surface area contributed by atoms with Crippen LogP contribution in [0.25, 0.3) is 0 Å². The molecule has 0 spiro atoms. The Labute approximate surface area is 202 Å². The number of para-hydroxylation sites is 1. The maximum atomic E-state index is 12.6. The zero-order valence-electron chi connectivity index (χ0n) is 20.4. The Morgan fingerprint density at radius 3 is 2.32 bits per heavy atom. The summed E-state index contributed by atoms with van der Waals surface area (Å²) >= 11 is 0.710. The number of rotatable bonds is 7. The zero-order valence-corrected chi connectivity index (χ0v) is 21.3. The molecule has 0 bridgehead atoms. The van der Waals surface area contributed by atoms with Gasteiger partial charge in [-0.25, -0.2) is 18.2 Å². The van der Waals surface area contributed by atoms with E-state index in [1.54, 1.807) is 12.1 Å². The molecule has 1 aliphatic rings. The van der Waals surface area contributed by atoms with Crippen LogP contribution in [-0.4, -0.2) is 83.9 Å². The molecule has 2 rings (SSSR count). The van der Waals surface area contributed by atoms with Crippen LogP contribution in [0.4, 0.5) is 9.59 Å². The van der Waals surface area contributed by atoms with Gasteiger partial charge in [0.1, 0.15) is 18.4 Å². The van der Waals surface area contributed by atoms with E-state index in [9.17, 15) is 14.4 Å². The number of oxime groups is 2. The van der Waals surface area contributed by atoms with Gasteiger partial charge in [-0.2, -0.15) is 0 Å². The van der Waals surface area contributed by atoms with Crippen LogP contribution in [0.5, 0.6) is 11.5 Å². The van der Waals surface area contributed by atoms with E-state index in [4.69, 9.17) is 14.3 Å². The molecule has 0 unspecified atom stereocenters. The number of hydrogen-bond donors (Lipinski definition) is 0. The molecule has 3 amide bonds. The van der Waals surface area contributed by atoms with Crippen molar-refractivity contribution in [2.45, 2.75) is 32.8 Å². The SMILES string of the molecule is CO/N=C(C)\C(=N\OC(=O)N(C)SN(C)C(=O)Oc1cccc2c1OC(C)(C)C2)C(=O)N(C)C. The highest BCUT2D eigenvalue weighted by Crippen LogP contribution is 2.42. The Balaban J connectivity index is 2.02. The number of benzene rings is 1. The lowest BCUT2D eigenvalue weighted by Gasteiger charge is -2.21. The average Bonchev–Trinajstić information content (AvgIpc) is 3.08. The molecule has 186 valence electrons. The highest BCUT2D eigenvalue weighted by atomic mass is 32.2. The van der Waals surface area contributed by atoms with Crippen LogP contribution in [0.1, 0.15) is 26.3 Å². The zero-order chi connectivity index (χ0) is 25.6. The van der Waals surface area contributed by atoms with E-state index in [2.05, 4.69) is 15.1 Å². The molecule has 0 N–H and O–H groups in total. The summed E-state index contributed by atoms with van der Waals surface area (Å²) in [4.78, 5) is 47.9. The van der Waals surface area contributed by atoms with Crippen molar-refractivity contribution in [3.8, 4) is 11.5 Å². The molecule has 0 aromatic heterocycles. The van der Waals surface area contributed by atoms with Crippen LogP contribution in [0.2, 0.25) is 0 Å². The topological polar surface area (TPSA) is 123 Å². The molecule has 0 fully saturated rings. The van der Waals surface area contributed by atoms with E-state index in [-0.39, 0.29) is 17.2 Å². The summed E-state index contributed by atoms with van der Waals surface area (Å²) in [7, 11) is 7.11. The molecule has 12 nitrogen and oxygen atoms in total. The average molecular weight is 496 g/mol. The van der Waals surface area contributed by atoms with Crippen LogP contribution >= 0.6 is 12.1 Å². The second-order valence-electron chi connectivity index (χ2n) is 8.08. The Morgan fingerprint density at radius 1 is 1.06 bits per heavy atom. The first-order chi connectivity index (χ1) is 15.9. The smallest absolute Gasteiger partial charge is 0.447 e. The summed E-state index contributed by atoms with van der Waals surface area (Å²) in [5.74, 6) is 0.269. The van der Waals surface area contributed by atoms with E-state index in [0.717, 1.165) is 14.2 Å². The molecule has 1 aliphatic heterocycles. The minimum atomic E-state index is -0.940. The fourth-order valence-electron chi connectivity index (χ4n) is 2.87. The van der Waals surface area contributed by atoms with Gasteiger partial charge in [-0.05, 0) is 26.8 Å². The molecule has 0 saturated heterocycles. The van der Waals surface area contributed by atoms with Crippen LogP contribution in [0, 0.1) is 0 Å². The number of carbonyl (C=O) groups is 3. The van der Waals surface area contributed by atoms with E-state index in [1.807, 2.05) is 19.9 Å². The minimum absolute atomic E-state index is 0.116. The van der Waals surface area contributed by atoms with Crippen molar-refractivity contribution >= 4 is 41.7 Å². The molecule has 1 heterocycles. The third-order valence-corrected chi connectivity index (χ3v) is 5.19. The fraction of sp³-hybridized carbons (Fsp3) is 0.476. The number of carbonyl (C=O) groups excluding carboxylic acids is 3. The summed E-state index contributed by atoms with van der Waals surface area (Å²) in [6.45, 7) is 5.37. The number of hydrogen-bond acceptors (Lipinski definition) is 10. The first-order valence-electron chi connectivity index (χ1n) is 10.1. The second-order valence-corrected chi connectivity index (χ2v) is 9.34. The van der Waals surface area contributed by atoms with Crippen molar-refractivity contribution in [2.75, 3.05) is 35.3 Å². The third-order valence-electron chi connectivity index (χ3n) is 4.41. The van der Waals surface area contributed by atoms with Crippen molar-refractivity contribution in [3.63, 3.8) is 0 Å². The van der Waals surface area contributed by atoms with Crippen molar-refractivity contribution in [2.24, 2.45) is 10.3 Å². The number of amides is 3. The van der Waals surface area contributed by atoms with Gasteiger partial charge in [0.2, 0.25) is 0 Å².